The minimum atomic E-state index is -0.494. The van der Waals surface area contributed by atoms with Crippen LogP contribution in [0.5, 0.6) is 17.2 Å². The Bertz CT molecular complexity index is 1690. The molecule has 2 aromatic carbocycles. The van der Waals surface area contributed by atoms with Crippen molar-refractivity contribution in [3.8, 4) is 17.2 Å². The first-order chi connectivity index (χ1) is 21.4. The summed E-state index contributed by atoms with van der Waals surface area (Å²) in [6, 6.07) is 16.3. The Kier molecular flexibility index (Phi) is 8.42. The monoisotopic (exact) mass is 598 g/mol. The summed E-state index contributed by atoms with van der Waals surface area (Å²) in [4.78, 5) is 46.8. The first-order valence-electron chi connectivity index (χ1n) is 14.5. The van der Waals surface area contributed by atoms with Crippen LogP contribution in [0, 0.1) is 0 Å². The molecule has 4 bridgehead atoms. The van der Waals surface area contributed by atoms with Crippen molar-refractivity contribution in [2.45, 2.75) is 38.0 Å². The molecule has 12 heteroatoms. The van der Waals surface area contributed by atoms with E-state index in [1.165, 1.54) is 11.2 Å². The number of ether oxygens (including phenoxy) is 3. The maximum Gasteiger partial charge on any atom is 0.255 e. The normalized spacial score (nSPS) is 19.8. The molecule has 3 aliphatic rings. The number of fused-ring (bicyclic) bond motifs is 10. The van der Waals surface area contributed by atoms with Crippen LogP contribution in [0.15, 0.2) is 67.1 Å². The molecule has 44 heavy (non-hydrogen) atoms. The summed E-state index contributed by atoms with van der Waals surface area (Å²) >= 11 is 0. The van der Waals surface area contributed by atoms with E-state index in [9.17, 15) is 14.4 Å². The number of aryl methyl sites for hydroxylation is 1. The van der Waals surface area contributed by atoms with Gasteiger partial charge in [0.05, 0.1) is 38.0 Å². The molecule has 2 aromatic heterocycles. The summed E-state index contributed by atoms with van der Waals surface area (Å²) in [6.45, 7) is 0.847. The summed E-state index contributed by atoms with van der Waals surface area (Å²) in [6.07, 6.45) is 3.82. The highest BCUT2D eigenvalue weighted by molar-refractivity contribution is 5.94. The molecular formula is C32H34N6O6. The van der Waals surface area contributed by atoms with Gasteiger partial charge in [-0.25, -0.2) is 9.50 Å². The predicted molar refractivity (Wildman–Crippen MR) is 159 cm³/mol. The quantitative estimate of drug-likeness (QED) is 0.373. The number of methoxy groups -OCH3 is 1. The highest BCUT2D eigenvalue weighted by Gasteiger charge is 2.34. The Morgan fingerprint density at radius 2 is 1.95 bits per heavy atom. The van der Waals surface area contributed by atoms with Crippen LogP contribution in [-0.2, 0) is 27.4 Å². The number of likely N-dealkylation sites (N-methyl/N-ethyl adjacent to an activating group) is 1. The molecule has 2 atom stereocenters. The fourth-order valence-electron chi connectivity index (χ4n) is 5.54. The molecule has 7 rings (SSSR count). The molecule has 1 fully saturated rings. The van der Waals surface area contributed by atoms with Crippen LogP contribution in [0.4, 0.5) is 0 Å². The topological polar surface area (TPSA) is 128 Å². The maximum atomic E-state index is 13.5. The maximum absolute atomic E-state index is 13.5. The molecule has 1 N–H and O–H groups in total. The molecule has 3 aliphatic heterocycles. The Morgan fingerprint density at radius 3 is 2.82 bits per heavy atom. The largest absolute Gasteiger partial charge is 0.493 e. The second-order valence-electron chi connectivity index (χ2n) is 11.0. The van der Waals surface area contributed by atoms with Gasteiger partial charge < -0.3 is 29.3 Å². The third-order valence-corrected chi connectivity index (χ3v) is 7.97. The molecule has 0 unspecified atom stereocenters. The van der Waals surface area contributed by atoms with Crippen molar-refractivity contribution >= 4 is 23.4 Å². The van der Waals surface area contributed by atoms with Gasteiger partial charge in [0, 0.05) is 32.8 Å². The number of pyridine rings is 1. The Hall–Kier alpha value is -4.97. The molecule has 1 saturated heterocycles. The van der Waals surface area contributed by atoms with Crippen LogP contribution in [0.3, 0.4) is 0 Å². The number of rotatable bonds is 2. The minimum Gasteiger partial charge on any atom is -0.493 e. The van der Waals surface area contributed by atoms with Gasteiger partial charge in [-0.1, -0.05) is 18.2 Å². The predicted octanol–water partition coefficient (Wildman–Crippen LogP) is 2.85. The smallest absolute Gasteiger partial charge is 0.255 e. The molecule has 0 aliphatic carbocycles. The first kappa shape index (κ1) is 29.1. The van der Waals surface area contributed by atoms with Crippen molar-refractivity contribution < 1.29 is 28.6 Å². The third kappa shape index (κ3) is 6.50. The van der Waals surface area contributed by atoms with Crippen LogP contribution >= 0.6 is 0 Å². The van der Waals surface area contributed by atoms with E-state index >= 15 is 0 Å². The van der Waals surface area contributed by atoms with Crippen molar-refractivity contribution in [3.63, 3.8) is 0 Å². The Labute approximate surface area is 254 Å². The van der Waals surface area contributed by atoms with E-state index in [1.54, 1.807) is 41.9 Å². The number of hydrogen-bond acceptors (Lipinski definition) is 8. The fourth-order valence-corrected chi connectivity index (χ4v) is 5.54. The summed E-state index contributed by atoms with van der Waals surface area (Å²) in [7, 11) is 3.20. The molecule has 0 radical (unpaired) electrons. The molecule has 3 amide bonds. The van der Waals surface area contributed by atoms with Crippen molar-refractivity contribution in [1.29, 1.82) is 0 Å². The standard InChI is InChI=1S/C32H34N6O6/c1-36-18-30(39)35-25-12-13-37(32(41)23-8-10-29-33-20-34-38(29)16-23)17-28(25)43-19-22-4-3-5-24(14-22)44-26-9-6-21(7-11-31(36)40)15-27(26)42-2/h3-6,8-10,14-16,20,25,28H,7,11-13,17-19H2,1-2H3,(H,35,39)/t25-,28-/m0/s1. The number of aromatic nitrogens is 3. The second-order valence-corrected chi connectivity index (χ2v) is 11.0. The van der Waals surface area contributed by atoms with Crippen molar-refractivity contribution in [1.82, 2.24) is 29.7 Å². The summed E-state index contributed by atoms with van der Waals surface area (Å²) in [5.74, 6) is 1.13. The molecule has 228 valence electrons. The number of piperidine rings is 1. The molecule has 0 saturated carbocycles. The number of hydrogen-bond donors (Lipinski definition) is 1. The van der Waals surface area contributed by atoms with Gasteiger partial charge >= 0.3 is 0 Å². The first-order valence-corrected chi connectivity index (χ1v) is 14.5. The van der Waals surface area contributed by atoms with Gasteiger partial charge in [-0.15, -0.1) is 0 Å². The zero-order valence-electron chi connectivity index (χ0n) is 24.6. The zero-order chi connectivity index (χ0) is 30.6. The lowest BCUT2D eigenvalue weighted by atomic mass is 10.0. The van der Waals surface area contributed by atoms with Gasteiger partial charge in [-0.05, 0) is 60.4 Å². The SMILES string of the molecule is COc1cc2ccc1Oc1cccc(c1)CO[C@H]1CN(C(=O)c3ccc4ncnn4c3)CC[C@@H]1NC(=O)CN(C)C(=O)CC2. The highest BCUT2D eigenvalue weighted by Crippen LogP contribution is 2.33. The van der Waals surface area contributed by atoms with E-state index < -0.39 is 6.10 Å². The van der Waals surface area contributed by atoms with Crippen LogP contribution < -0.4 is 14.8 Å². The molecule has 0 spiro atoms. The average molecular weight is 599 g/mol. The number of amides is 3. The van der Waals surface area contributed by atoms with E-state index in [0.29, 0.717) is 47.8 Å². The summed E-state index contributed by atoms with van der Waals surface area (Å²) in [5, 5.41) is 7.20. The van der Waals surface area contributed by atoms with Gasteiger partial charge in [0.15, 0.2) is 17.1 Å². The number of carbonyl (C=O) groups is 3. The fraction of sp³-hybridized carbons (Fsp3) is 0.344. The van der Waals surface area contributed by atoms with E-state index in [0.717, 1.165) is 11.1 Å². The third-order valence-electron chi connectivity index (χ3n) is 7.97. The highest BCUT2D eigenvalue weighted by atomic mass is 16.5. The lowest BCUT2D eigenvalue weighted by Crippen LogP contribution is -2.57. The summed E-state index contributed by atoms with van der Waals surface area (Å²) < 4.78 is 19.7. The molecule has 4 aromatic rings. The lowest BCUT2D eigenvalue weighted by Gasteiger charge is -2.39. The van der Waals surface area contributed by atoms with E-state index in [-0.39, 0.29) is 49.9 Å². The number of nitrogens with zero attached hydrogens (tertiary/aromatic N) is 5. The van der Waals surface area contributed by atoms with Crippen molar-refractivity contribution in [2.24, 2.45) is 0 Å². The van der Waals surface area contributed by atoms with Crippen LogP contribution in [0.25, 0.3) is 5.65 Å². The Balaban J connectivity index is 1.25. The van der Waals surface area contributed by atoms with Gasteiger partial charge in [-0.2, -0.15) is 5.10 Å². The molecule has 5 heterocycles. The minimum absolute atomic E-state index is 0.0826. The zero-order valence-corrected chi connectivity index (χ0v) is 24.6. The second kappa shape index (κ2) is 12.7. The van der Waals surface area contributed by atoms with Gasteiger partial charge in [-0.3, -0.25) is 14.4 Å². The van der Waals surface area contributed by atoms with E-state index in [1.807, 2.05) is 42.5 Å². The molecule has 12 nitrogen and oxygen atoms in total. The lowest BCUT2D eigenvalue weighted by molar-refractivity contribution is -0.135. The number of benzene rings is 2. The number of carbonyl (C=O) groups excluding carboxylic acids is 3. The van der Waals surface area contributed by atoms with Crippen molar-refractivity contribution in [3.05, 3.63) is 83.8 Å². The van der Waals surface area contributed by atoms with Crippen molar-refractivity contribution in [2.75, 3.05) is 33.8 Å². The van der Waals surface area contributed by atoms with Crippen LogP contribution in [0.2, 0.25) is 0 Å². The average Bonchev–Trinajstić information content (AvgIpc) is 3.51. The summed E-state index contributed by atoms with van der Waals surface area (Å²) in [5.41, 5.74) is 2.92. The number of likely N-dealkylation sites (tertiary alicyclic amines) is 1. The molecular weight excluding hydrogens is 564 g/mol. The van der Waals surface area contributed by atoms with Crippen LogP contribution in [-0.4, -0.2) is 88.1 Å². The van der Waals surface area contributed by atoms with Crippen LogP contribution in [0.1, 0.15) is 34.3 Å². The van der Waals surface area contributed by atoms with Gasteiger partial charge in [0.1, 0.15) is 12.1 Å². The van der Waals surface area contributed by atoms with E-state index in [2.05, 4.69) is 15.4 Å². The van der Waals surface area contributed by atoms with Gasteiger partial charge in [0.2, 0.25) is 11.8 Å². The van der Waals surface area contributed by atoms with E-state index in [4.69, 9.17) is 14.2 Å². The Morgan fingerprint density at radius 1 is 1.07 bits per heavy atom. The number of nitrogens with one attached hydrogen (secondary N) is 1. The van der Waals surface area contributed by atoms with Gasteiger partial charge in [0.25, 0.3) is 5.91 Å².